The van der Waals surface area contributed by atoms with Gasteiger partial charge < -0.3 is 0 Å². The number of nitrogens with zero attached hydrogens (tertiary/aromatic N) is 3. The highest BCUT2D eigenvalue weighted by Crippen LogP contribution is 2.52. The highest BCUT2D eigenvalue weighted by molar-refractivity contribution is 5.98. The van der Waals surface area contributed by atoms with Crippen LogP contribution in [0.3, 0.4) is 0 Å². The largest absolute Gasteiger partial charge is 0.297 e. The Hall–Kier alpha value is -2.42. The van der Waals surface area contributed by atoms with Crippen LogP contribution in [0, 0.1) is 13.8 Å². The summed E-state index contributed by atoms with van der Waals surface area (Å²) < 4.78 is 5.36. The van der Waals surface area contributed by atoms with Gasteiger partial charge in [0.15, 0.2) is 11.0 Å². The number of pyridine rings is 2. The van der Waals surface area contributed by atoms with Gasteiger partial charge in [-0.3, -0.25) is 4.98 Å². The number of hydrogen-bond donors (Lipinski definition) is 0. The Morgan fingerprint density at radius 1 is 0.833 bits per heavy atom. The van der Waals surface area contributed by atoms with Gasteiger partial charge in [-0.25, -0.2) is 4.57 Å². The molecule has 0 radical (unpaired) electrons. The molecule has 36 heavy (non-hydrogen) atoms. The topological polar surface area (TPSA) is 21.2 Å². The Bertz CT molecular complexity index is 1530. The molecule has 0 spiro atoms. The van der Waals surface area contributed by atoms with Gasteiger partial charge in [0.1, 0.15) is 11.2 Å². The molecule has 3 heteroatoms. The molecule has 192 valence electrons. The van der Waals surface area contributed by atoms with Crippen LogP contribution in [0.5, 0.6) is 0 Å². The molecule has 1 aliphatic heterocycles. The lowest BCUT2D eigenvalue weighted by Crippen LogP contribution is -2.67. The number of aryl methyl sites for hydroxylation is 2. The summed E-state index contributed by atoms with van der Waals surface area (Å²) in [4.78, 5) is 5.38. The summed E-state index contributed by atoms with van der Waals surface area (Å²) in [6.07, 6.45) is 3.27. The van der Waals surface area contributed by atoms with Gasteiger partial charge in [-0.2, -0.15) is 4.40 Å². The third kappa shape index (κ3) is 2.98. The molecule has 0 bridgehead atoms. The molecular weight excluding hydrogens is 438 g/mol. The van der Waals surface area contributed by atoms with Crippen LogP contribution in [0.1, 0.15) is 117 Å². The lowest BCUT2D eigenvalue weighted by atomic mass is 9.59. The van der Waals surface area contributed by atoms with Gasteiger partial charge in [0.05, 0.1) is 10.9 Å². The summed E-state index contributed by atoms with van der Waals surface area (Å²) in [6, 6.07) is 9.76. The van der Waals surface area contributed by atoms with E-state index in [-0.39, 0.29) is 21.8 Å². The fourth-order valence-electron chi connectivity index (χ4n) is 7.21. The molecule has 0 amide bonds. The molecule has 5 rings (SSSR count). The van der Waals surface area contributed by atoms with Gasteiger partial charge in [-0.15, -0.1) is 0 Å². The average molecular weight is 485 g/mol. The highest BCUT2D eigenvalue weighted by Gasteiger charge is 2.57. The third-order valence-corrected chi connectivity index (χ3v) is 9.75. The van der Waals surface area contributed by atoms with Gasteiger partial charge >= 0.3 is 0 Å². The number of rotatable bonds is 3. The first kappa shape index (κ1) is 25.2. The van der Waals surface area contributed by atoms with Crippen LogP contribution in [-0.4, -0.2) is 9.38 Å². The van der Waals surface area contributed by atoms with Gasteiger partial charge in [0, 0.05) is 28.0 Å². The van der Waals surface area contributed by atoms with Crippen LogP contribution < -0.4 is 4.57 Å². The third-order valence-electron chi connectivity index (χ3n) is 9.75. The van der Waals surface area contributed by atoms with Crippen LogP contribution in [0.4, 0.5) is 0 Å². The van der Waals surface area contributed by atoms with E-state index in [4.69, 9.17) is 4.98 Å². The average Bonchev–Trinajstić information content (AvgIpc) is 3.12. The summed E-state index contributed by atoms with van der Waals surface area (Å²) in [5.74, 6) is 0. The molecule has 0 aliphatic carbocycles. The van der Waals surface area contributed by atoms with E-state index < -0.39 is 0 Å². The van der Waals surface area contributed by atoms with E-state index in [1.54, 1.807) is 0 Å². The van der Waals surface area contributed by atoms with E-state index in [0.717, 1.165) is 24.8 Å². The molecule has 1 atom stereocenters. The normalized spacial score (nSPS) is 19.8. The van der Waals surface area contributed by atoms with Crippen molar-refractivity contribution in [3.05, 3.63) is 52.3 Å². The monoisotopic (exact) mass is 484 g/mol. The lowest BCUT2D eigenvalue weighted by molar-refractivity contribution is -0.733. The summed E-state index contributed by atoms with van der Waals surface area (Å²) in [6.45, 7) is 28.2. The molecule has 1 aromatic carbocycles. The first-order chi connectivity index (χ1) is 16.7. The molecule has 3 nitrogen and oxygen atoms in total. The van der Waals surface area contributed by atoms with Crippen LogP contribution >= 0.6 is 0 Å². The Balaban J connectivity index is 2.22. The van der Waals surface area contributed by atoms with E-state index in [1.807, 2.05) is 0 Å². The van der Waals surface area contributed by atoms with Crippen molar-refractivity contribution in [2.45, 2.75) is 124 Å². The molecule has 0 saturated carbocycles. The van der Waals surface area contributed by atoms with Crippen LogP contribution in [0.15, 0.2) is 24.3 Å². The summed E-state index contributed by atoms with van der Waals surface area (Å²) in [5.41, 5.74) is 11.9. The first-order valence-electron chi connectivity index (χ1n) is 14.0. The second-order valence-electron chi connectivity index (χ2n) is 13.7. The second-order valence-corrected chi connectivity index (χ2v) is 13.7. The molecular formula is C33H46N3+. The van der Waals surface area contributed by atoms with Crippen LogP contribution in [-0.2, 0) is 21.8 Å². The molecule has 1 unspecified atom stereocenters. The van der Waals surface area contributed by atoms with Crippen molar-refractivity contribution >= 4 is 27.6 Å². The predicted octanol–water partition coefficient (Wildman–Crippen LogP) is 8.34. The Kier molecular flexibility index (Phi) is 5.30. The molecule has 0 saturated heterocycles. The van der Waals surface area contributed by atoms with Gasteiger partial charge in [-0.05, 0) is 68.0 Å². The number of imidazole rings is 1. The quantitative estimate of drug-likeness (QED) is 0.268. The number of benzene rings is 1. The Labute approximate surface area is 217 Å². The van der Waals surface area contributed by atoms with E-state index in [0.29, 0.717) is 0 Å². The Morgan fingerprint density at radius 3 is 1.97 bits per heavy atom. The smallest absolute Gasteiger partial charge is 0.252 e. The zero-order valence-electron chi connectivity index (χ0n) is 24.8. The maximum absolute atomic E-state index is 5.38. The molecule has 0 N–H and O–H groups in total. The zero-order chi connectivity index (χ0) is 26.6. The Morgan fingerprint density at radius 2 is 1.44 bits per heavy atom. The van der Waals surface area contributed by atoms with Crippen molar-refractivity contribution < 1.29 is 4.57 Å². The molecule has 4 heterocycles. The minimum atomic E-state index is -0.0249. The van der Waals surface area contributed by atoms with Gasteiger partial charge in [-0.1, -0.05) is 69.2 Å². The molecule has 1 aliphatic rings. The fourth-order valence-corrected chi connectivity index (χ4v) is 7.21. The second kappa shape index (κ2) is 7.55. The van der Waals surface area contributed by atoms with E-state index in [9.17, 15) is 0 Å². The van der Waals surface area contributed by atoms with Crippen molar-refractivity contribution in [2.24, 2.45) is 0 Å². The highest BCUT2D eigenvalue weighted by atomic mass is 15.2. The van der Waals surface area contributed by atoms with E-state index in [2.05, 4.69) is 116 Å². The predicted molar refractivity (Wildman–Crippen MR) is 153 cm³/mol. The van der Waals surface area contributed by atoms with Crippen LogP contribution in [0.25, 0.3) is 27.6 Å². The molecule has 4 aromatic rings. The van der Waals surface area contributed by atoms with Crippen molar-refractivity contribution in [3.63, 3.8) is 0 Å². The van der Waals surface area contributed by atoms with Gasteiger partial charge in [0.2, 0.25) is 0 Å². The summed E-state index contributed by atoms with van der Waals surface area (Å²) in [5, 5.41) is 1.35. The summed E-state index contributed by atoms with van der Waals surface area (Å²) in [7, 11) is 0. The number of hydrogen-bond acceptors (Lipinski definition) is 1. The fraction of sp³-hybridized carbons (Fsp3) is 0.576. The van der Waals surface area contributed by atoms with E-state index in [1.165, 1.54) is 50.1 Å². The number of aromatic nitrogens is 3. The van der Waals surface area contributed by atoms with Crippen LogP contribution in [0.2, 0.25) is 0 Å². The summed E-state index contributed by atoms with van der Waals surface area (Å²) >= 11 is 0. The number of fused-ring (bicyclic) bond motifs is 3. The minimum absolute atomic E-state index is 0.00777. The van der Waals surface area contributed by atoms with Gasteiger partial charge in [0.25, 0.3) is 5.65 Å². The lowest BCUT2D eigenvalue weighted by Gasteiger charge is -2.49. The molecule has 0 fully saturated rings. The molecule has 3 aromatic heterocycles. The van der Waals surface area contributed by atoms with Crippen molar-refractivity contribution in [1.82, 2.24) is 9.38 Å². The maximum atomic E-state index is 5.38. The standard InChI is InChI=1S/C33H46N3/c1-13-32(12)22-18-26(30(6,7)8)34-23-19-27(31(9,10)11)35-24-16-20(4)21(5)17-25(24)36(29(35)28(22)23)33(32,14-2)15-3/h16-19H,13-15H2,1-12H3/q+1. The zero-order valence-corrected chi connectivity index (χ0v) is 24.8. The van der Waals surface area contributed by atoms with Crippen molar-refractivity contribution in [2.75, 3.05) is 0 Å². The van der Waals surface area contributed by atoms with Crippen molar-refractivity contribution in [3.8, 4) is 0 Å². The minimum Gasteiger partial charge on any atom is -0.252 e. The SMILES string of the molecule is CCC1(C)c2cc(C(C)(C)C)nc3cc(C(C)(C)C)n4c5cc(C)c(C)cc5[n+](c4c23)C1(CC)CC. The first-order valence-corrected chi connectivity index (χ1v) is 14.0. The maximum Gasteiger partial charge on any atom is 0.297 e. The van der Waals surface area contributed by atoms with Crippen molar-refractivity contribution in [1.29, 1.82) is 0 Å². The van der Waals surface area contributed by atoms with E-state index >= 15 is 0 Å².